The van der Waals surface area contributed by atoms with Gasteiger partial charge in [0.05, 0.1) is 16.1 Å². The number of pyridine rings is 1. The first-order chi connectivity index (χ1) is 10.0. The van der Waals surface area contributed by atoms with Gasteiger partial charge < -0.3 is 10.7 Å². The number of hydrazine groups is 1. The van der Waals surface area contributed by atoms with E-state index >= 15 is 0 Å². The van der Waals surface area contributed by atoms with Crippen LogP contribution in [0.5, 0.6) is 0 Å². The SMILES string of the molecule is N#Cc1ccc(NC(=O)c2cc(Br)cnc2NN)cc1Cl. The summed E-state index contributed by atoms with van der Waals surface area (Å²) in [5.41, 5.74) is 3.43. The van der Waals surface area contributed by atoms with Gasteiger partial charge in [0.25, 0.3) is 5.91 Å². The fourth-order valence-corrected chi connectivity index (χ4v) is 2.16. The molecule has 1 aromatic carbocycles. The van der Waals surface area contributed by atoms with Crippen LogP contribution < -0.4 is 16.6 Å². The van der Waals surface area contributed by atoms with Crippen molar-refractivity contribution in [1.29, 1.82) is 5.26 Å². The predicted molar refractivity (Wildman–Crippen MR) is 83.9 cm³/mol. The number of nitriles is 1. The highest BCUT2D eigenvalue weighted by molar-refractivity contribution is 9.10. The Morgan fingerprint density at radius 3 is 2.81 bits per heavy atom. The van der Waals surface area contributed by atoms with Gasteiger partial charge in [-0.3, -0.25) is 4.79 Å². The van der Waals surface area contributed by atoms with E-state index in [0.717, 1.165) is 0 Å². The number of carbonyl (C=O) groups excluding carboxylic acids is 1. The number of hydrogen-bond acceptors (Lipinski definition) is 5. The number of aromatic nitrogens is 1. The Bertz CT molecular complexity index is 744. The number of nitrogen functional groups attached to an aromatic ring is 1. The number of hydrogen-bond donors (Lipinski definition) is 3. The van der Waals surface area contributed by atoms with Crippen LogP contribution in [0.1, 0.15) is 15.9 Å². The molecule has 6 nitrogen and oxygen atoms in total. The molecule has 0 aliphatic rings. The third-order valence-corrected chi connectivity index (χ3v) is 3.33. The first-order valence-corrected chi connectivity index (χ1v) is 6.85. The third-order valence-electron chi connectivity index (χ3n) is 2.58. The van der Waals surface area contributed by atoms with Gasteiger partial charge in [0.2, 0.25) is 0 Å². The molecule has 1 heterocycles. The second-order valence-electron chi connectivity index (χ2n) is 3.95. The number of halogens is 2. The smallest absolute Gasteiger partial charge is 0.259 e. The van der Waals surface area contributed by atoms with E-state index in [4.69, 9.17) is 22.7 Å². The molecule has 2 rings (SSSR count). The Hall–Kier alpha value is -2.14. The number of nitrogens with zero attached hydrogens (tertiary/aromatic N) is 2. The first kappa shape index (κ1) is 15.3. The molecule has 8 heteroatoms. The Labute approximate surface area is 134 Å². The highest BCUT2D eigenvalue weighted by Crippen LogP contribution is 2.22. The molecule has 0 spiro atoms. The summed E-state index contributed by atoms with van der Waals surface area (Å²) >= 11 is 9.16. The van der Waals surface area contributed by atoms with Crippen molar-refractivity contribution in [2.75, 3.05) is 10.7 Å². The van der Waals surface area contributed by atoms with Crippen LogP contribution >= 0.6 is 27.5 Å². The predicted octanol–water partition coefficient (Wildman–Crippen LogP) is 2.91. The van der Waals surface area contributed by atoms with Gasteiger partial charge >= 0.3 is 0 Å². The van der Waals surface area contributed by atoms with Gasteiger partial charge in [0.1, 0.15) is 6.07 Å². The van der Waals surface area contributed by atoms with Crippen LogP contribution in [0, 0.1) is 11.3 Å². The molecule has 0 aliphatic carbocycles. The second-order valence-corrected chi connectivity index (χ2v) is 5.28. The molecule has 0 atom stereocenters. The van der Waals surface area contributed by atoms with Gasteiger partial charge in [-0.2, -0.15) is 5.26 Å². The quantitative estimate of drug-likeness (QED) is 0.572. The summed E-state index contributed by atoms with van der Waals surface area (Å²) < 4.78 is 0.643. The minimum atomic E-state index is -0.405. The summed E-state index contributed by atoms with van der Waals surface area (Å²) in [6, 6.07) is 8.14. The van der Waals surface area contributed by atoms with Crippen molar-refractivity contribution in [2.45, 2.75) is 0 Å². The number of rotatable bonds is 3. The largest absolute Gasteiger partial charge is 0.322 e. The van der Waals surface area contributed by atoms with Crippen LogP contribution in [0.15, 0.2) is 34.9 Å². The number of carbonyl (C=O) groups is 1. The summed E-state index contributed by atoms with van der Waals surface area (Å²) in [6.45, 7) is 0. The lowest BCUT2D eigenvalue weighted by Gasteiger charge is -2.10. The Kier molecular flexibility index (Phi) is 4.75. The van der Waals surface area contributed by atoms with Gasteiger partial charge in [0.15, 0.2) is 5.82 Å². The van der Waals surface area contributed by atoms with Crippen LogP contribution in [0.4, 0.5) is 11.5 Å². The van der Waals surface area contributed by atoms with Crippen molar-refractivity contribution in [1.82, 2.24) is 4.98 Å². The standard InChI is InChI=1S/C13H9BrClN5O/c14-8-3-10(12(20-17)18-6-8)13(21)19-9-2-1-7(5-16)11(15)4-9/h1-4,6H,17H2,(H,18,20)(H,19,21). The van der Waals surface area contributed by atoms with Crippen LogP contribution in [0.3, 0.4) is 0 Å². The number of nitrogens with one attached hydrogen (secondary N) is 2. The fourth-order valence-electron chi connectivity index (χ4n) is 1.61. The highest BCUT2D eigenvalue weighted by atomic mass is 79.9. The van der Waals surface area contributed by atoms with Crippen molar-refractivity contribution in [3.63, 3.8) is 0 Å². The maximum atomic E-state index is 12.2. The summed E-state index contributed by atoms with van der Waals surface area (Å²) in [6.07, 6.45) is 1.52. The van der Waals surface area contributed by atoms with Crippen LogP contribution in [-0.2, 0) is 0 Å². The lowest BCUT2D eigenvalue weighted by molar-refractivity contribution is 0.102. The number of benzene rings is 1. The molecule has 1 aromatic heterocycles. The molecule has 0 saturated carbocycles. The molecule has 2 aromatic rings. The summed E-state index contributed by atoms with van der Waals surface area (Å²) in [4.78, 5) is 16.2. The molecular formula is C13H9BrClN5O. The van der Waals surface area contributed by atoms with Crippen molar-refractivity contribution in [3.8, 4) is 6.07 Å². The molecule has 0 bridgehead atoms. The Balaban J connectivity index is 2.28. The van der Waals surface area contributed by atoms with Gasteiger partial charge in [-0.15, -0.1) is 0 Å². The van der Waals surface area contributed by atoms with Gasteiger partial charge in [-0.1, -0.05) is 11.6 Å². The van der Waals surface area contributed by atoms with Crippen molar-refractivity contribution in [3.05, 3.63) is 51.1 Å². The van der Waals surface area contributed by atoms with Crippen molar-refractivity contribution in [2.24, 2.45) is 5.84 Å². The molecule has 0 radical (unpaired) electrons. The molecule has 0 aliphatic heterocycles. The maximum Gasteiger partial charge on any atom is 0.259 e. The zero-order valence-corrected chi connectivity index (χ0v) is 12.9. The monoisotopic (exact) mass is 365 g/mol. The van der Waals surface area contributed by atoms with Gasteiger partial charge in [-0.25, -0.2) is 10.8 Å². The average molecular weight is 367 g/mol. The topological polar surface area (TPSA) is 104 Å². The maximum absolute atomic E-state index is 12.2. The first-order valence-electron chi connectivity index (χ1n) is 5.68. The van der Waals surface area contributed by atoms with Gasteiger partial charge in [0, 0.05) is 16.4 Å². The number of amides is 1. The van der Waals surface area contributed by atoms with Gasteiger partial charge in [-0.05, 0) is 40.2 Å². The van der Waals surface area contributed by atoms with Crippen molar-refractivity contribution < 1.29 is 4.79 Å². The zero-order valence-electron chi connectivity index (χ0n) is 10.5. The molecule has 0 saturated heterocycles. The highest BCUT2D eigenvalue weighted by Gasteiger charge is 2.14. The minimum absolute atomic E-state index is 0.246. The summed E-state index contributed by atoms with van der Waals surface area (Å²) in [7, 11) is 0. The lowest BCUT2D eigenvalue weighted by Crippen LogP contribution is -2.18. The Morgan fingerprint density at radius 1 is 1.43 bits per heavy atom. The molecule has 21 heavy (non-hydrogen) atoms. The number of anilines is 2. The van der Waals surface area contributed by atoms with E-state index in [-0.39, 0.29) is 16.4 Å². The molecule has 0 unspecified atom stereocenters. The molecule has 106 valence electrons. The fraction of sp³-hybridized carbons (Fsp3) is 0. The van der Waals surface area contributed by atoms with Crippen LogP contribution in [-0.4, -0.2) is 10.9 Å². The number of nitrogens with two attached hydrogens (primary N) is 1. The van der Waals surface area contributed by atoms with Crippen LogP contribution in [0.2, 0.25) is 5.02 Å². The lowest BCUT2D eigenvalue weighted by atomic mass is 10.2. The molecule has 0 fully saturated rings. The molecular weight excluding hydrogens is 358 g/mol. The second kappa shape index (κ2) is 6.54. The summed E-state index contributed by atoms with van der Waals surface area (Å²) in [5, 5.41) is 11.7. The van der Waals surface area contributed by atoms with Crippen molar-refractivity contribution >= 4 is 44.9 Å². The minimum Gasteiger partial charge on any atom is -0.322 e. The van der Waals surface area contributed by atoms with E-state index < -0.39 is 5.91 Å². The van der Waals surface area contributed by atoms with Crippen LogP contribution in [0.25, 0.3) is 0 Å². The van der Waals surface area contributed by atoms with E-state index in [9.17, 15) is 4.79 Å². The average Bonchev–Trinajstić information content (AvgIpc) is 2.47. The van der Waals surface area contributed by atoms with E-state index in [1.165, 1.54) is 18.3 Å². The third kappa shape index (κ3) is 3.49. The summed E-state index contributed by atoms with van der Waals surface area (Å²) in [5.74, 6) is 5.17. The van der Waals surface area contributed by atoms with E-state index in [0.29, 0.717) is 15.7 Å². The van der Waals surface area contributed by atoms with E-state index in [1.54, 1.807) is 12.1 Å². The Morgan fingerprint density at radius 2 is 2.19 bits per heavy atom. The van der Waals surface area contributed by atoms with E-state index in [2.05, 4.69) is 31.7 Å². The molecule has 1 amide bonds. The molecule has 4 N–H and O–H groups in total. The van der Waals surface area contributed by atoms with E-state index in [1.807, 2.05) is 6.07 Å². The zero-order chi connectivity index (χ0) is 15.4. The normalized spacial score (nSPS) is 9.81.